The minimum absolute atomic E-state index is 0.0703. The van der Waals surface area contributed by atoms with Crippen LogP contribution in [0.4, 0.5) is 5.82 Å². The van der Waals surface area contributed by atoms with Gasteiger partial charge in [0.1, 0.15) is 5.82 Å². The lowest BCUT2D eigenvalue weighted by Gasteiger charge is -2.28. The highest BCUT2D eigenvalue weighted by Crippen LogP contribution is 2.28. The summed E-state index contributed by atoms with van der Waals surface area (Å²) < 4.78 is 0. The summed E-state index contributed by atoms with van der Waals surface area (Å²) in [7, 11) is 0. The third-order valence-electron chi connectivity index (χ3n) is 3.35. The average molecular weight is 220 g/mol. The van der Waals surface area contributed by atoms with Crippen LogP contribution in [0, 0.1) is 5.92 Å². The van der Waals surface area contributed by atoms with Crippen molar-refractivity contribution in [2.45, 2.75) is 39.3 Å². The Morgan fingerprint density at radius 3 is 2.88 bits per heavy atom. The maximum absolute atomic E-state index is 8.98. The number of rotatable bonds is 3. The molecule has 1 aliphatic rings. The van der Waals surface area contributed by atoms with Crippen LogP contribution in [-0.4, -0.2) is 22.7 Å². The molecule has 2 rings (SSSR count). The molecule has 0 aromatic carbocycles. The number of anilines is 1. The van der Waals surface area contributed by atoms with Gasteiger partial charge in [0, 0.05) is 18.8 Å². The normalized spacial score (nSPS) is 20.8. The Kier molecular flexibility index (Phi) is 3.44. The largest absolute Gasteiger partial charge is 0.392 e. The van der Waals surface area contributed by atoms with Crippen LogP contribution in [0.5, 0.6) is 0 Å². The molecular formula is C13H20N2O. The molecule has 0 saturated carbocycles. The number of nitrogens with zero attached hydrogens (tertiary/aromatic N) is 2. The fourth-order valence-electron chi connectivity index (χ4n) is 2.45. The number of hydrogen-bond donors (Lipinski definition) is 1. The fourth-order valence-corrected chi connectivity index (χ4v) is 2.45. The molecule has 3 nitrogen and oxygen atoms in total. The van der Waals surface area contributed by atoms with E-state index in [2.05, 4.69) is 23.7 Å². The predicted octanol–water partition coefficient (Wildman–Crippen LogP) is 2.20. The Hall–Kier alpha value is -1.09. The van der Waals surface area contributed by atoms with Gasteiger partial charge in [-0.2, -0.15) is 0 Å². The van der Waals surface area contributed by atoms with Gasteiger partial charge in [-0.05, 0) is 30.4 Å². The van der Waals surface area contributed by atoms with E-state index in [0.717, 1.165) is 17.9 Å². The second kappa shape index (κ2) is 4.83. The summed E-state index contributed by atoms with van der Waals surface area (Å²) in [6.45, 7) is 5.71. The van der Waals surface area contributed by atoms with Crippen molar-refractivity contribution in [3.05, 3.63) is 23.9 Å². The van der Waals surface area contributed by atoms with Gasteiger partial charge in [0.2, 0.25) is 0 Å². The van der Waals surface area contributed by atoms with E-state index in [4.69, 9.17) is 5.11 Å². The van der Waals surface area contributed by atoms with Crippen LogP contribution >= 0.6 is 0 Å². The van der Waals surface area contributed by atoms with Gasteiger partial charge in [-0.3, -0.25) is 0 Å². The van der Waals surface area contributed by atoms with Crippen molar-refractivity contribution >= 4 is 5.82 Å². The van der Waals surface area contributed by atoms with E-state index in [1.165, 1.54) is 12.8 Å². The van der Waals surface area contributed by atoms with Gasteiger partial charge >= 0.3 is 0 Å². The molecule has 0 amide bonds. The van der Waals surface area contributed by atoms with E-state index in [0.29, 0.717) is 12.0 Å². The molecular weight excluding hydrogens is 200 g/mol. The number of aliphatic hydroxyl groups is 1. The van der Waals surface area contributed by atoms with Crippen LogP contribution in [0.3, 0.4) is 0 Å². The van der Waals surface area contributed by atoms with Crippen molar-refractivity contribution in [3.63, 3.8) is 0 Å². The first-order valence-electron chi connectivity index (χ1n) is 6.05. The number of aliphatic hydroxyl groups excluding tert-OH is 1. The van der Waals surface area contributed by atoms with Gasteiger partial charge in [-0.15, -0.1) is 0 Å². The zero-order valence-corrected chi connectivity index (χ0v) is 10.1. The molecule has 0 aliphatic carbocycles. The molecule has 88 valence electrons. The summed E-state index contributed by atoms with van der Waals surface area (Å²) in [5.41, 5.74) is 0.879. The molecule has 1 atom stereocenters. The molecule has 0 radical (unpaired) electrons. The molecule has 0 spiro atoms. The highest BCUT2D eigenvalue weighted by atomic mass is 16.3. The van der Waals surface area contributed by atoms with E-state index >= 15 is 0 Å². The molecule has 2 heterocycles. The van der Waals surface area contributed by atoms with Crippen molar-refractivity contribution in [2.24, 2.45) is 5.92 Å². The lowest BCUT2D eigenvalue weighted by atomic mass is 10.0. The summed E-state index contributed by atoms with van der Waals surface area (Å²) in [5.74, 6) is 1.72. The molecule has 1 aliphatic heterocycles. The van der Waals surface area contributed by atoms with E-state index in [1.807, 2.05) is 12.1 Å². The Morgan fingerprint density at radius 1 is 1.50 bits per heavy atom. The minimum atomic E-state index is 0.0703. The lowest BCUT2D eigenvalue weighted by Crippen LogP contribution is -2.33. The summed E-state index contributed by atoms with van der Waals surface area (Å²) in [6.07, 6.45) is 4.29. The van der Waals surface area contributed by atoms with Crippen LogP contribution in [0.2, 0.25) is 0 Å². The fraction of sp³-hybridized carbons (Fsp3) is 0.615. The van der Waals surface area contributed by atoms with Crippen LogP contribution in [0.1, 0.15) is 32.3 Å². The molecule has 1 aromatic heterocycles. The Bertz CT molecular complexity index is 334. The summed E-state index contributed by atoms with van der Waals surface area (Å²) in [6, 6.07) is 4.59. The average Bonchev–Trinajstić information content (AvgIpc) is 2.78. The quantitative estimate of drug-likeness (QED) is 0.848. The first-order chi connectivity index (χ1) is 7.72. The molecule has 1 aromatic rings. The van der Waals surface area contributed by atoms with E-state index in [-0.39, 0.29) is 6.61 Å². The molecule has 0 bridgehead atoms. The van der Waals surface area contributed by atoms with Gasteiger partial charge in [-0.25, -0.2) is 4.98 Å². The Labute approximate surface area is 97.1 Å². The highest BCUT2D eigenvalue weighted by Gasteiger charge is 2.27. The van der Waals surface area contributed by atoms with E-state index in [1.54, 1.807) is 6.20 Å². The van der Waals surface area contributed by atoms with E-state index < -0.39 is 0 Å². The van der Waals surface area contributed by atoms with Gasteiger partial charge in [0.15, 0.2) is 0 Å². The van der Waals surface area contributed by atoms with Crippen LogP contribution in [0.15, 0.2) is 18.3 Å². The second-order valence-corrected chi connectivity index (χ2v) is 4.83. The highest BCUT2D eigenvalue weighted by molar-refractivity contribution is 5.42. The van der Waals surface area contributed by atoms with Crippen LogP contribution in [-0.2, 0) is 6.61 Å². The third kappa shape index (κ3) is 2.19. The van der Waals surface area contributed by atoms with Gasteiger partial charge in [-0.1, -0.05) is 19.9 Å². The van der Waals surface area contributed by atoms with Crippen LogP contribution in [0.25, 0.3) is 0 Å². The lowest BCUT2D eigenvalue weighted by molar-refractivity contribution is 0.281. The zero-order chi connectivity index (χ0) is 11.5. The maximum atomic E-state index is 8.98. The van der Waals surface area contributed by atoms with Crippen molar-refractivity contribution in [1.29, 1.82) is 0 Å². The maximum Gasteiger partial charge on any atom is 0.128 e. The molecule has 1 fully saturated rings. The smallest absolute Gasteiger partial charge is 0.128 e. The van der Waals surface area contributed by atoms with Gasteiger partial charge < -0.3 is 10.0 Å². The van der Waals surface area contributed by atoms with Crippen molar-refractivity contribution < 1.29 is 5.11 Å². The number of aromatic nitrogens is 1. The number of hydrogen-bond acceptors (Lipinski definition) is 3. The van der Waals surface area contributed by atoms with Crippen LogP contribution < -0.4 is 4.90 Å². The SMILES string of the molecule is CC(C)C1CCCN1c1ccc(CO)cn1. The van der Waals surface area contributed by atoms with Crippen molar-refractivity contribution in [1.82, 2.24) is 4.98 Å². The first kappa shape index (κ1) is 11.4. The third-order valence-corrected chi connectivity index (χ3v) is 3.35. The summed E-state index contributed by atoms with van der Waals surface area (Å²) in [5, 5.41) is 8.98. The Balaban J connectivity index is 2.16. The van der Waals surface area contributed by atoms with Gasteiger partial charge in [0.25, 0.3) is 0 Å². The molecule has 16 heavy (non-hydrogen) atoms. The summed E-state index contributed by atoms with van der Waals surface area (Å²) in [4.78, 5) is 6.82. The monoisotopic (exact) mass is 220 g/mol. The zero-order valence-electron chi connectivity index (χ0n) is 10.1. The number of pyridine rings is 1. The van der Waals surface area contributed by atoms with E-state index in [9.17, 15) is 0 Å². The van der Waals surface area contributed by atoms with Crippen molar-refractivity contribution in [2.75, 3.05) is 11.4 Å². The minimum Gasteiger partial charge on any atom is -0.392 e. The predicted molar refractivity (Wildman–Crippen MR) is 65.4 cm³/mol. The Morgan fingerprint density at radius 2 is 2.31 bits per heavy atom. The topological polar surface area (TPSA) is 36.4 Å². The van der Waals surface area contributed by atoms with Crippen molar-refractivity contribution in [3.8, 4) is 0 Å². The summed E-state index contributed by atoms with van der Waals surface area (Å²) >= 11 is 0. The molecule has 1 N–H and O–H groups in total. The standard InChI is InChI=1S/C13H20N2O/c1-10(2)12-4-3-7-15(12)13-6-5-11(9-16)8-14-13/h5-6,8,10,12,16H,3-4,7,9H2,1-2H3. The molecule has 1 saturated heterocycles. The van der Waals surface area contributed by atoms with Gasteiger partial charge in [0.05, 0.1) is 6.61 Å². The molecule has 1 unspecified atom stereocenters. The molecule has 3 heteroatoms. The second-order valence-electron chi connectivity index (χ2n) is 4.83. The first-order valence-corrected chi connectivity index (χ1v) is 6.05.